The van der Waals surface area contributed by atoms with Crippen LogP contribution in [0.5, 0.6) is 0 Å². The standard InChI is InChI=1S/C14H21F3N2/c1-4-19(9-10(2)3)13-6-5-12(14(15,16)17)7-11(13)8-18/h5-7,10H,4,8-9,18H2,1-3H3. The van der Waals surface area contributed by atoms with E-state index in [4.69, 9.17) is 5.73 Å². The quantitative estimate of drug-likeness (QED) is 0.888. The summed E-state index contributed by atoms with van der Waals surface area (Å²) in [6.07, 6.45) is -4.32. The number of hydrogen-bond acceptors (Lipinski definition) is 2. The second kappa shape index (κ2) is 6.28. The molecule has 2 N–H and O–H groups in total. The lowest BCUT2D eigenvalue weighted by atomic mass is 10.1. The molecule has 0 bridgehead atoms. The molecule has 0 aromatic heterocycles. The van der Waals surface area contributed by atoms with Crippen molar-refractivity contribution in [3.05, 3.63) is 29.3 Å². The van der Waals surface area contributed by atoms with E-state index in [9.17, 15) is 13.2 Å². The highest BCUT2D eigenvalue weighted by atomic mass is 19.4. The Balaban J connectivity index is 3.14. The predicted molar refractivity (Wildman–Crippen MR) is 72.1 cm³/mol. The van der Waals surface area contributed by atoms with E-state index in [1.165, 1.54) is 6.07 Å². The molecular formula is C14H21F3N2. The monoisotopic (exact) mass is 274 g/mol. The number of halogens is 3. The highest BCUT2D eigenvalue weighted by Gasteiger charge is 2.31. The Labute approximate surface area is 112 Å². The maximum Gasteiger partial charge on any atom is 0.416 e. The van der Waals surface area contributed by atoms with Crippen molar-refractivity contribution in [1.29, 1.82) is 0 Å². The summed E-state index contributed by atoms with van der Waals surface area (Å²) >= 11 is 0. The number of alkyl halides is 3. The summed E-state index contributed by atoms with van der Waals surface area (Å²) in [6, 6.07) is 3.80. The summed E-state index contributed by atoms with van der Waals surface area (Å²) in [5.41, 5.74) is 6.29. The fourth-order valence-corrected chi connectivity index (χ4v) is 2.07. The molecule has 0 saturated heterocycles. The largest absolute Gasteiger partial charge is 0.416 e. The van der Waals surface area contributed by atoms with Gasteiger partial charge in [0.2, 0.25) is 0 Å². The Bertz CT molecular complexity index is 414. The Kier molecular flexibility index (Phi) is 5.23. The van der Waals surface area contributed by atoms with Crippen molar-refractivity contribution in [3.63, 3.8) is 0 Å². The molecule has 19 heavy (non-hydrogen) atoms. The lowest BCUT2D eigenvalue weighted by Gasteiger charge is -2.27. The summed E-state index contributed by atoms with van der Waals surface area (Å²) in [4.78, 5) is 2.06. The summed E-state index contributed by atoms with van der Waals surface area (Å²) in [7, 11) is 0. The molecule has 0 fully saturated rings. The van der Waals surface area contributed by atoms with Crippen LogP contribution in [-0.4, -0.2) is 13.1 Å². The molecule has 0 aliphatic heterocycles. The molecule has 0 radical (unpaired) electrons. The molecule has 0 unspecified atom stereocenters. The minimum absolute atomic E-state index is 0.105. The predicted octanol–water partition coefficient (Wildman–Crippen LogP) is 3.65. The van der Waals surface area contributed by atoms with Crippen LogP contribution in [0.25, 0.3) is 0 Å². The van der Waals surface area contributed by atoms with E-state index in [2.05, 4.69) is 18.7 Å². The zero-order chi connectivity index (χ0) is 14.6. The van der Waals surface area contributed by atoms with Crippen molar-refractivity contribution in [3.8, 4) is 0 Å². The van der Waals surface area contributed by atoms with Crippen LogP contribution >= 0.6 is 0 Å². The lowest BCUT2D eigenvalue weighted by Crippen LogP contribution is -2.28. The third-order valence-corrected chi connectivity index (χ3v) is 2.93. The van der Waals surface area contributed by atoms with Crippen LogP contribution in [0.1, 0.15) is 31.9 Å². The average Bonchev–Trinajstić information content (AvgIpc) is 2.33. The van der Waals surface area contributed by atoms with Gasteiger partial charge in [-0.3, -0.25) is 0 Å². The fourth-order valence-electron chi connectivity index (χ4n) is 2.07. The molecule has 0 aliphatic rings. The van der Waals surface area contributed by atoms with Gasteiger partial charge >= 0.3 is 6.18 Å². The van der Waals surface area contributed by atoms with Crippen molar-refractivity contribution in [2.45, 2.75) is 33.5 Å². The maximum atomic E-state index is 12.7. The molecule has 1 aromatic carbocycles. The number of nitrogens with two attached hydrogens (primary N) is 1. The molecule has 0 amide bonds. The Morgan fingerprint density at radius 1 is 1.26 bits per heavy atom. The lowest BCUT2D eigenvalue weighted by molar-refractivity contribution is -0.137. The summed E-state index contributed by atoms with van der Waals surface area (Å²) in [5.74, 6) is 0.438. The second-order valence-corrected chi connectivity index (χ2v) is 4.98. The molecular weight excluding hydrogens is 253 g/mol. The van der Waals surface area contributed by atoms with E-state index >= 15 is 0 Å². The van der Waals surface area contributed by atoms with Crippen LogP contribution in [-0.2, 0) is 12.7 Å². The van der Waals surface area contributed by atoms with Gasteiger partial charge in [-0.25, -0.2) is 0 Å². The smallest absolute Gasteiger partial charge is 0.371 e. The van der Waals surface area contributed by atoms with Gasteiger partial charge in [-0.2, -0.15) is 13.2 Å². The first-order valence-electron chi connectivity index (χ1n) is 6.44. The van der Waals surface area contributed by atoms with E-state index in [1.807, 2.05) is 6.92 Å². The number of hydrogen-bond donors (Lipinski definition) is 1. The van der Waals surface area contributed by atoms with Crippen LogP contribution < -0.4 is 10.6 Å². The fraction of sp³-hybridized carbons (Fsp3) is 0.571. The Hall–Kier alpha value is -1.23. The Morgan fingerprint density at radius 3 is 2.32 bits per heavy atom. The van der Waals surface area contributed by atoms with Gasteiger partial charge in [0.05, 0.1) is 5.56 Å². The van der Waals surface area contributed by atoms with Crippen LogP contribution in [0.4, 0.5) is 18.9 Å². The number of anilines is 1. The molecule has 2 nitrogen and oxygen atoms in total. The van der Waals surface area contributed by atoms with E-state index in [0.717, 1.165) is 30.9 Å². The van der Waals surface area contributed by atoms with Gasteiger partial charge in [0, 0.05) is 25.3 Å². The van der Waals surface area contributed by atoms with Crippen LogP contribution in [0.2, 0.25) is 0 Å². The SMILES string of the molecule is CCN(CC(C)C)c1ccc(C(F)(F)F)cc1CN. The second-order valence-electron chi connectivity index (χ2n) is 4.98. The topological polar surface area (TPSA) is 29.3 Å². The van der Waals surface area contributed by atoms with Crippen molar-refractivity contribution in [1.82, 2.24) is 0 Å². The summed E-state index contributed by atoms with van der Waals surface area (Å²) < 4.78 is 38.0. The van der Waals surface area contributed by atoms with Gasteiger partial charge < -0.3 is 10.6 Å². The molecule has 1 rings (SSSR count). The third-order valence-electron chi connectivity index (χ3n) is 2.93. The highest BCUT2D eigenvalue weighted by Crippen LogP contribution is 2.33. The average molecular weight is 274 g/mol. The maximum absolute atomic E-state index is 12.7. The zero-order valence-electron chi connectivity index (χ0n) is 11.6. The third kappa shape index (κ3) is 4.13. The molecule has 0 saturated carbocycles. The Morgan fingerprint density at radius 2 is 1.89 bits per heavy atom. The number of rotatable bonds is 5. The van der Waals surface area contributed by atoms with Gasteiger partial charge in [0.25, 0.3) is 0 Å². The van der Waals surface area contributed by atoms with Crippen molar-refractivity contribution >= 4 is 5.69 Å². The van der Waals surface area contributed by atoms with Crippen molar-refractivity contribution in [2.75, 3.05) is 18.0 Å². The van der Waals surface area contributed by atoms with E-state index < -0.39 is 11.7 Å². The number of nitrogens with zero attached hydrogens (tertiary/aromatic N) is 1. The normalized spacial score (nSPS) is 12.0. The van der Waals surface area contributed by atoms with Gasteiger partial charge in [-0.05, 0) is 36.6 Å². The van der Waals surface area contributed by atoms with Crippen molar-refractivity contribution < 1.29 is 13.2 Å². The zero-order valence-corrected chi connectivity index (χ0v) is 11.6. The van der Waals surface area contributed by atoms with Gasteiger partial charge in [-0.1, -0.05) is 13.8 Å². The van der Waals surface area contributed by atoms with Gasteiger partial charge in [0.15, 0.2) is 0 Å². The van der Waals surface area contributed by atoms with E-state index in [-0.39, 0.29) is 6.54 Å². The first-order chi connectivity index (χ1) is 8.79. The van der Waals surface area contributed by atoms with E-state index in [0.29, 0.717) is 11.5 Å². The van der Waals surface area contributed by atoms with Gasteiger partial charge in [-0.15, -0.1) is 0 Å². The molecule has 1 aromatic rings. The highest BCUT2D eigenvalue weighted by molar-refractivity contribution is 5.55. The molecule has 0 aliphatic carbocycles. The molecule has 0 heterocycles. The van der Waals surface area contributed by atoms with E-state index in [1.54, 1.807) is 0 Å². The van der Waals surface area contributed by atoms with Crippen LogP contribution in [0.3, 0.4) is 0 Å². The first kappa shape index (κ1) is 15.8. The van der Waals surface area contributed by atoms with Crippen molar-refractivity contribution in [2.24, 2.45) is 11.7 Å². The summed E-state index contributed by atoms with van der Waals surface area (Å²) in [5, 5.41) is 0. The summed E-state index contributed by atoms with van der Waals surface area (Å²) in [6.45, 7) is 7.79. The minimum atomic E-state index is -4.32. The first-order valence-corrected chi connectivity index (χ1v) is 6.44. The molecule has 0 atom stereocenters. The van der Waals surface area contributed by atoms with Crippen LogP contribution in [0.15, 0.2) is 18.2 Å². The number of benzene rings is 1. The molecule has 0 spiro atoms. The molecule has 108 valence electrons. The minimum Gasteiger partial charge on any atom is -0.371 e. The van der Waals surface area contributed by atoms with Crippen LogP contribution in [0, 0.1) is 5.92 Å². The molecule has 5 heteroatoms. The van der Waals surface area contributed by atoms with Gasteiger partial charge in [0.1, 0.15) is 0 Å².